The minimum atomic E-state index is 0.749. The summed E-state index contributed by atoms with van der Waals surface area (Å²) in [6.07, 6.45) is 8.34. The summed E-state index contributed by atoms with van der Waals surface area (Å²) in [7, 11) is 0. The molecule has 2 aliphatic heterocycles. The largest absolute Gasteiger partial charge is 0.312 e. The molecule has 0 bridgehead atoms. The molecule has 1 aliphatic carbocycles. The first-order chi connectivity index (χ1) is 9.78. The summed E-state index contributed by atoms with van der Waals surface area (Å²) in [5.74, 6) is 0.918. The summed E-state index contributed by atoms with van der Waals surface area (Å²) in [5, 5.41) is 3.84. The van der Waals surface area contributed by atoms with E-state index in [0.29, 0.717) is 0 Å². The van der Waals surface area contributed by atoms with Gasteiger partial charge in [0.2, 0.25) is 0 Å². The van der Waals surface area contributed by atoms with E-state index in [1.54, 1.807) is 0 Å². The minimum Gasteiger partial charge on any atom is -0.312 e. The number of hydrogen-bond acceptors (Lipinski definition) is 3. The van der Waals surface area contributed by atoms with Crippen molar-refractivity contribution in [3.05, 3.63) is 0 Å². The molecule has 0 aromatic rings. The molecular formula is C17H33N3. The molecule has 0 aromatic carbocycles. The number of rotatable bonds is 4. The van der Waals surface area contributed by atoms with Crippen LogP contribution in [0.3, 0.4) is 0 Å². The molecule has 4 unspecified atom stereocenters. The van der Waals surface area contributed by atoms with Gasteiger partial charge in [0.05, 0.1) is 0 Å². The van der Waals surface area contributed by atoms with Crippen LogP contribution in [0.5, 0.6) is 0 Å². The molecule has 1 N–H and O–H groups in total. The van der Waals surface area contributed by atoms with Gasteiger partial charge in [0.15, 0.2) is 0 Å². The van der Waals surface area contributed by atoms with Crippen LogP contribution in [0.15, 0.2) is 0 Å². The van der Waals surface area contributed by atoms with E-state index in [1.165, 1.54) is 71.2 Å². The molecule has 3 heteroatoms. The van der Waals surface area contributed by atoms with Crippen molar-refractivity contribution in [1.29, 1.82) is 0 Å². The monoisotopic (exact) mass is 279 g/mol. The second kappa shape index (κ2) is 6.76. The molecule has 3 nitrogen and oxygen atoms in total. The van der Waals surface area contributed by atoms with Gasteiger partial charge in [-0.25, -0.2) is 0 Å². The number of nitrogens with one attached hydrogen (secondary N) is 1. The Morgan fingerprint density at radius 3 is 2.75 bits per heavy atom. The minimum absolute atomic E-state index is 0.749. The third kappa shape index (κ3) is 3.20. The smallest absolute Gasteiger partial charge is 0.0253 e. The molecule has 4 atom stereocenters. The molecule has 3 fully saturated rings. The van der Waals surface area contributed by atoms with E-state index < -0.39 is 0 Å². The number of piperazine rings is 1. The van der Waals surface area contributed by atoms with Crippen molar-refractivity contribution >= 4 is 0 Å². The summed E-state index contributed by atoms with van der Waals surface area (Å²) < 4.78 is 0. The summed E-state index contributed by atoms with van der Waals surface area (Å²) in [6, 6.07) is 2.42. The lowest BCUT2D eigenvalue weighted by molar-refractivity contribution is 0.0331. The highest BCUT2D eigenvalue weighted by atomic mass is 15.3. The van der Waals surface area contributed by atoms with Crippen LogP contribution in [0.25, 0.3) is 0 Å². The van der Waals surface area contributed by atoms with E-state index in [9.17, 15) is 0 Å². The van der Waals surface area contributed by atoms with Crippen molar-refractivity contribution in [2.45, 2.75) is 70.5 Å². The van der Waals surface area contributed by atoms with Crippen LogP contribution in [0.1, 0.15) is 52.4 Å². The van der Waals surface area contributed by atoms with Gasteiger partial charge in [-0.05, 0) is 57.5 Å². The highest BCUT2D eigenvalue weighted by molar-refractivity contribution is 4.95. The van der Waals surface area contributed by atoms with E-state index in [1.807, 2.05) is 0 Å². The van der Waals surface area contributed by atoms with E-state index in [-0.39, 0.29) is 0 Å². The third-order valence-electron chi connectivity index (χ3n) is 5.82. The highest BCUT2D eigenvalue weighted by Gasteiger charge is 2.38. The van der Waals surface area contributed by atoms with Gasteiger partial charge in [-0.3, -0.25) is 9.80 Å². The molecule has 0 amide bonds. The molecule has 2 heterocycles. The van der Waals surface area contributed by atoms with Crippen LogP contribution < -0.4 is 5.32 Å². The molecule has 3 rings (SSSR count). The van der Waals surface area contributed by atoms with Crippen LogP contribution in [0.2, 0.25) is 0 Å². The summed E-state index contributed by atoms with van der Waals surface area (Å²) in [6.45, 7) is 11.2. The average molecular weight is 279 g/mol. The fourth-order valence-electron chi connectivity index (χ4n) is 4.64. The second-order valence-corrected chi connectivity index (χ2v) is 7.37. The van der Waals surface area contributed by atoms with Gasteiger partial charge in [-0.15, -0.1) is 0 Å². The number of nitrogens with zero attached hydrogens (tertiary/aromatic N) is 2. The van der Waals surface area contributed by atoms with Crippen molar-refractivity contribution < 1.29 is 0 Å². The van der Waals surface area contributed by atoms with Gasteiger partial charge < -0.3 is 5.32 Å². The van der Waals surface area contributed by atoms with Gasteiger partial charge in [0, 0.05) is 37.8 Å². The SMILES string of the molecule is CCCNC1CCC(C)CC1N1CCN2CCCC2C1. The van der Waals surface area contributed by atoms with Crippen LogP contribution in [0.4, 0.5) is 0 Å². The molecule has 20 heavy (non-hydrogen) atoms. The lowest BCUT2D eigenvalue weighted by Gasteiger charge is -2.47. The quantitative estimate of drug-likeness (QED) is 0.852. The number of hydrogen-bond donors (Lipinski definition) is 1. The molecule has 116 valence electrons. The maximum absolute atomic E-state index is 3.84. The third-order valence-corrected chi connectivity index (χ3v) is 5.82. The zero-order chi connectivity index (χ0) is 13.9. The van der Waals surface area contributed by atoms with E-state index in [4.69, 9.17) is 0 Å². The van der Waals surface area contributed by atoms with Gasteiger partial charge in [-0.2, -0.15) is 0 Å². The Balaban J connectivity index is 1.62. The van der Waals surface area contributed by atoms with E-state index in [0.717, 1.165) is 24.0 Å². The fraction of sp³-hybridized carbons (Fsp3) is 1.00. The van der Waals surface area contributed by atoms with E-state index >= 15 is 0 Å². The normalized spacial score (nSPS) is 39.9. The van der Waals surface area contributed by atoms with Gasteiger partial charge >= 0.3 is 0 Å². The summed E-state index contributed by atoms with van der Waals surface area (Å²) >= 11 is 0. The zero-order valence-corrected chi connectivity index (χ0v) is 13.5. The Bertz CT molecular complexity index is 305. The Morgan fingerprint density at radius 2 is 1.90 bits per heavy atom. The lowest BCUT2D eigenvalue weighted by atomic mass is 9.82. The van der Waals surface area contributed by atoms with Crippen molar-refractivity contribution in [3.8, 4) is 0 Å². The van der Waals surface area contributed by atoms with Gasteiger partial charge in [0.1, 0.15) is 0 Å². The topological polar surface area (TPSA) is 18.5 Å². The molecular weight excluding hydrogens is 246 g/mol. The first kappa shape index (κ1) is 14.8. The van der Waals surface area contributed by atoms with Crippen LogP contribution in [-0.4, -0.2) is 60.6 Å². The Morgan fingerprint density at radius 1 is 1.05 bits per heavy atom. The van der Waals surface area contributed by atoms with E-state index in [2.05, 4.69) is 29.0 Å². The number of fused-ring (bicyclic) bond motifs is 1. The molecule has 0 radical (unpaired) electrons. The Labute approximate surface area is 125 Å². The van der Waals surface area contributed by atoms with Gasteiger partial charge in [0.25, 0.3) is 0 Å². The van der Waals surface area contributed by atoms with Crippen molar-refractivity contribution in [3.63, 3.8) is 0 Å². The average Bonchev–Trinajstić information content (AvgIpc) is 2.93. The Kier molecular flexibility index (Phi) is 5.00. The van der Waals surface area contributed by atoms with Crippen molar-refractivity contribution in [1.82, 2.24) is 15.1 Å². The van der Waals surface area contributed by atoms with Crippen LogP contribution >= 0.6 is 0 Å². The van der Waals surface area contributed by atoms with Crippen molar-refractivity contribution in [2.75, 3.05) is 32.7 Å². The van der Waals surface area contributed by atoms with Crippen LogP contribution in [0, 0.1) is 5.92 Å². The second-order valence-electron chi connectivity index (χ2n) is 7.37. The lowest BCUT2D eigenvalue weighted by Crippen LogP contribution is -2.60. The summed E-state index contributed by atoms with van der Waals surface area (Å²) in [5.41, 5.74) is 0. The molecule has 1 saturated carbocycles. The predicted molar refractivity (Wildman–Crippen MR) is 85.1 cm³/mol. The highest BCUT2D eigenvalue weighted by Crippen LogP contribution is 2.31. The fourth-order valence-corrected chi connectivity index (χ4v) is 4.64. The first-order valence-electron chi connectivity index (χ1n) is 8.99. The standard InChI is InChI=1S/C17H33N3/c1-3-8-18-16-7-6-14(2)12-17(16)20-11-10-19-9-4-5-15(19)13-20/h14-18H,3-13H2,1-2H3. The zero-order valence-electron chi connectivity index (χ0n) is 13.5. The molecule has 3 aliphatic rings. The van der Waals surface area contributed by atoms with Crippen molar-refractivity contribution in [2.24, 2.45) is 5.92 Å². The first-order valence-corrected chi connectivity index (χ1v) is 8.99. The molecule has 0 aromatic heterocycles. The molecule has 0 spiro atoms. The van der Waals surface area contributed by atoms with Gasteiger partial charge in [-0.1, -0.05) is 13.8 Å². The maximum atomic E-state index is 3.84. The summed E-state index contributed by atoms with van der Waals surface area (Å²) in [4.78, 5) is 5.58. The maximum Gasteiger partial charge on any atom is 0.0253 e. The molecule has 2 saturated heterocycles. The predicted octanol–water partition coefficient (Wildman–Crippen LogP) is 2.32. The van der Waals surface area contributed by atoms with Crippen LogP contribution in [-0.2, 0) is 0 Å². The Hall–Kier alpha value is -0.120.